The van der Waals surface area contributed by atoms with Gasteiger partial charge in [-0.05, 0) is 56.2 Å². The highest BCUT2D eigenvalue weighted by atomic mass is 32.2. The molecule has 1 aliphatic heterocycles. The van der Waals surface area contributed by atoms with Crippen LogP contribution in [0.25, 0.3) is 10.9 Å². The molecular formula is C21H22N2O4S. The molecule has 3 aromatic rings. The summed E-state index contributed by atoms with van der Waals surface area (Å²) in [7, 11) is -3.81. The largest absolute Gasteiger partial charge is 0.486 e. The zero-order valence-corrected chi connectivity index (χ0v) is 16.8. The number of para-hydroxylation sites is 1. The molecule has 2 heterocycles. The molecule has 0 spiro atoms. The van der Waals surface area contributed by atoms with Gasteiger partial charge in [0.25, 0.3) is 0 Å². The molecule has 1 aromatic heterocycles. The molecule has 0 bridgehead atoms. The van der Waals surface area contributed by atoms with Crippen molar-refractivity contribution in [1.82, 2.24) is 9.71 Å². The molecule has 146 valence electrons. The van der Waals surface area contributed by atoms with Crippen molar-refractivity contribution < 1.29 is 17.9 Å². The maximum atomic E-state index is 13.2. The van der Waals surface area contributed by atoms with Gasteiger partial charge in [-0.25, -0.2) is 13.1 Å². The van der Waals surface area contributed by atoms with Crippen molar-refractivity contribution in [2.45, 2.75) is 31.2 Å². The predicted molar refractivity (Wildman–Crippen MR) is 107 cm³/mol. The van der Waals surface area contributed by atoms with Gasteiger partial charge in [0, 0.05) is 11.6 Å². The van der Waals surface area contributed by atoms with E-state index in [1.54, 1.807) is 18.3 Å². The van der Waals surface area contributed by atoms with Gasteiger partial charge in [0.15, 0.2) is 11.5 Å². The second-order valence-corrected chi connectivity index (χ2v) is 9.08. The van der Waals surface area contributed by atoms with Crippen LogP contribution in [0.3, 0.4) is 0 Å². The maximum Gasteiger partial charge on any atom is 0.243 e. The summed E-state index contributed by atoms with van der Waals surface area (Å²) in [6.07, 6.45) is 1.67. The Morgan fingerprint density at radius 2 is 1.79 bits per heavy atom. The third kappa shape index (κ3) is 3.43. The summed E-state index contributed by atoms with van der Waals surface area (Å²) < 4.78 is 40.4. The Kier molecular flexibility index (Phi) is 4.51. The van der Waals surface area contributed by atoms with Gasteiger partial charge in [0.05, 0.1) is 11.1 Å². The van der Waals surface area contributed by atoms with E-state index in [-0.39, 0.29) is 4.90 Å². The van der Waals surface area contributed by atoms with E-state index in [9.17, 15) is 8.42 Å². The molecule has 2 aromatic carbocycles. The smallest absolute Gasteiger partial charge is 0.243 e. The third-order valence-corrected chi connectivity index (χ3v) is 6.44. The monoisotopic (exact) mass is 398 g/mol. The Labute approximate surface area is 164 Å². The van der Waals surface area contributed by atoms with E-state index in [1.807, 2.05) is 51.1 Å². The third-order valence-electron chi connectivity index (χ3n) is 4.75. The van der Waals surface area contributed by atoms with E-state index in [0.29, 0.717) is 30.2 Å². The Bertz CT molecular complexity index is 1160. The summed E-state index contributed by atoms with van der Waals surface area (Å²) >= 11 is 0. The summed E-state index contributed by atoms with van der Waals surface area (Å²) in [6, 6.07) is 12.6. The van der Waals surface area contributed by atoms with Crippen LogP contribution in [0.1, 0.15) is 25.0 Å². The Balaban J connectivity index is 1.71. The van der Waals surface area contributed by atoms with Gasteiger partial charge >= 0.3 is 0 Å². The minimum atomic E-state index is -3.81. The normalized spacial score (nSPS) is 14.2. The van der Waals surface area contributed by atoms with Crippen molar-refractivity contribution >= 4 is 20.9 Å². The number of ether oxygens (including phenoxy) is 2. The van der Waals surface area contributed by atoms with E-state index in [4.69, 9.17) is 9.47 Å². The lowest BCUT2D eigenvalue weighted by Crippen LogP contribution is -2.41. The average molecular weight is 398 g/mol. The predicted octanol–water partition coefficient (Wildman–Crippen LogP) is 3.53. The standard InChI is InChI=1S/C21H22N2O4S/c1-14-11-15-5-4-6-19(20(15)22-13-14)28(24,25)23-21(2,3)16-7-8-17-18(12-16)27-10-9-26-17/h4-8,11-13,23H,9-10H2,1-3H3. The fourth-order valence-corrected chi connectivity index (χ4v) is 4.92. The van der Waals surface area contributed by atoms with Crippen LogP contribution in [-0.4, -0.2) is 26.6 Å². The van der Waals surface area contributed by atoms with Crippen LogP contribution in [0.5, 0.6) is 11.5 Å². The number of sulfonamides is 1. The second-order valence-electron chi connectivity index (χ2n) is 7.43. The number of aromatic nitrogens is 1. The van der Waals surface area contributed by atoms with Crippen LogP contribution in [0, 0.1) is 6.92 Å². The van der Waals surface area contributed by atoms with Crippen LogP contribution < -0.4 is 14.2 Å². The van der Waals surface area contributed by atoms with Gasteiger partial charge < -0.3 is 9.47 Å². The summed E-state index contributed by atoms with van der Waals surface area (Å²) in [6.45, 7) is 6.55. The Morgan fingerprint density at radius 1 is 1.04 bits per heavy atom. The first-order valence-corrected chi connectivity index (χ1v) is 10.5. The molecular weight excluding hydrogens is 376 g/mol. The molecule has 6 nitrogen and oxygen atoms in total. The summed E-state index contributed by atoms with van der Waals surface area (Å²) in [5.41, 5.74) is 1.36. The van der Waals surface area contributed by atoms with Crippen molar-refractivity contribution in [2.75, 3.05) is 13.2 Å². The summed E-state index contributed by atoms with van der Waals surface area (Å²) in [4.78, 5) is 4.51. The highest BCUT2D eigenvalue weighted by Crippen LogP contribution is 2.35. The van der Waals surface area contributed by atoms with Gasteiger partial charge in [-0.3, -0.25) is 4.98 Å². The second kappa shape index (κ2) is 6.76. The van der Waals surface area contributed by atoms with E-state index in [0.717, 1.165) is 16.5 Å². The number of hydrogen-bond donors (Lipinski definition) is 1. The number of hydrogen-bond acceptors (Lipinski definition) is 5. The highest BCUT2D eigenvalue weighted by Gasteiger charge is 2.30. The number of nitrogens with zero attached hydrogens (tertiary/aromatic N) is 1. The van der Waals surface area contributed by atoms with Gasteiger partial charge in [0.2, 0.25) is 10.0 Å². The lowest BCUT2D eigenvalue weighted by molar-refractivity contribution is 0.171. The zero-order chi connectivity index (χ0) is 19.9. The number of nitrogens with one attached hydrogen (secondary N) is 1. The van der Waals surface area contributed by atoms with Gasteiger partial charge in [0.1, 0.15) is 18.1 Å². The molecule has 0 atom stereocenters. The minimum Gasteiger partial charge on any atom is -0.486 e. The lowest BCUT2D eigenvalue weighted by Gasteiger charge is -2.28. The van der Waals surface area contributed by atoms with Crippen LogP contribution in [0.4, 0.5) is 0 Å². The number of rotatable bonds is 4. The molecule has 0 radical (unpaired) electrons. The minimum absolute atomic E-state index is 0.163. The number of fused-ring (bicyclic) bond motifs is 2. The fourth-order valence-electron chi connectivity index (χ4n) is 3.34. The molecule has 28 heavy (non-hydrogen) atoms. The van der Waals surface area contributed by atoms with Crippen molar-refractivity contribution in [3.8, 4) is 11.5 Å². The average Bonchev–Trinajstić information content (AvgIpc) is 2.66. The highest BCUT2D eigenvalue weighted by molar-refractivity contribution is 7.89. The number of aryl methyl sites for hydroxylation is 1. The van der Waals surface area contributed by atoms with Crippen LogP contribution in [0.2, 0.25) is 0 Å². The molecule has 1 N–H and O–H groups in total. The molecule has 0 amide bonds. The quantitative estimate of drug-likeness (QED) is 0.727. The molecule has 0 fully saturated rings. The van der Waals surface area contributed by atoms with Crippen molar-refractivity contribution in [2.24, 2.45) is 0 Å². The lowest BCUT2D eigenvalue weighted by atomic mass is 9.95. The molecule has 7 heteroatoms. The van der Waals surface area contributed by atoms with Gasteiger partial charge in [-0.2, -0.15) is 0 Å². The summed E-state index contributed by atoms with van der Waals surface area (Å²) in [5.74, 6) is 1.29. The maximum absolute atomic E-state index is 13.2. The van der Waals surface area contributed by atoms with E-state index >= 15 is 0 Å². The first-order valence-electron chi connectivity index (χ1n) is 9.06. The van der Waals surface area contributed by atoms with Crippen LogP contribution in [-0.2, 0) is 15.6 Å². The Hall–Kier alpha value is -2.64. The summed E-state index contributed by atoms with van der Waals surface area (Å²) in [5, 5.41) is 0.792. The molecule has 0 saturated carbocycles. The van der Waals surface area contributed by atoms with Gasteiger partial charge in [-0.1, -0.05) is 18.2 Å². The van der Waals surface area contributed by atoms with E-state index in [1.165, 1.54) is 0 Å². The van der Waals surface area contributed by atoms with Gasteiger partial charge in [-0.15, -0.1) is 0 Å². The van der Waals surface area contributed by atoms with E-state index in [2.05, 4.69) is 9.71 Å². The SMILES string of the molecule is Cc1cnc2c(S(=O)(=O)NC(C)(C)c3ccc4c(c3)OCCO4)cccc2c1. The number of benzene rings is 2. The topological polar surface area (TPSA) is 77.5 Å². The Morgan fingerprint density at radius 3 is 2.57 bits per heavy atom. The first kappa shape index (κ1) is 18.7. The van der Waals surface area contributed by atoms with Crippen molar-refractivity contribution in [1.29, 1.82) is 0 Å². The van der Waals surface area contributed by atoms with Crippen molar-refractivity contribution in [3.05, 3.63) is 59.8 Å². The van der Waals surface area contributed by atoms with E-state index < -0.39 is 15.6 Å². The molecule has 0 saturated heterocycles. The molecule has 1 aliphatic rings. The fraction of sp³-hybridized carbons (Fsp3) is 0.286. The first-order chi connectivity index (χ1) is 13.3. The molecule has 4 rings (SSSR count). The zero-order valence-electron chi connectivity index (χ0n) is 16.0. The molecule has 0 unspecified atom stereocenters. The molecule has 0 aliphatic carbocycles. The van der Waals surface area contributed by atoms with Crippen molar-refractivity contribution in [3.63, 3.8) is 0 Å². The number of pyridine rings is 1. The van der Waals surface area contributed by atoms with Crippen LogP contribution in [0.15, 0.2) is 53.6 Å². The van der Waals surface area contributed by atoms with Crippen LogP contribution >= 0.6 is 0 Å².